The molecule has 1 aliphatic heterocycles. The van der Waals surface area contributed by atoms with Gasteiger partial charge in [-0.1, -0.05) is 36.8 Å². The SMILES string of the molecule is CCCN(CC(=O)N1CCn2cccc2C1c1ccc(C)cc1)C(=O)Nc1ccc(OC)cc1OC. The molecule has 8 heteroatoms. The van der Waals surface area contributed by atoms with Gasteiger partial charge in [0.25, 0.3) is 0 Å². The predicted octanol–water partition coefficient (Wildman–Crippen LogP) is 4.69. The van der Waals surface area contributed by atoms with Gasteiger partial charge < -0.3 is 29.2 Å². The van der Waals surface area contributed by atoms with Gasteiger partial charge in [0.2, 0.25) is 5.91 Å². The van der Waals surface area contributed by atoms with E-state index in [1.807, 2.05) is 17.9 Å². The van der Waals surface area contributed by atoms with Crippen molar-refractivity contribution in [3.8, 4) is 11.5 Å². The Morgan fingerprint density at radius 3 is 2.53 bits per heavy atom. The number of hydrogen-bond acceptors (Lipinski definition) is 4. The van der Waals surface area contributed by atoms with E-state index in [-0.39, 0.29) is 24.5 Å². The molecule has 8 nitrogen and oxygen atoms in total. The highest BCUT2D eigenvalue weighted by Gasteiger charge is 2.33. The third-order valence-corrected chi connectivity index (χ3v) is 6.51. The van der Waals surface area contributed by atoms with Crippen LogP contribution in [-0.2, 0) is 11.3 Å². The molecule has 2 aromatic carbocycles. The number of hydrogen-bond donors (Lipinski definition) is 1. The van der Waals surface area contributed by atoms with Gasteiger partial charge in [-0.25, -0.2) is 4.79 Å². The smallest absolute Gasteiger partial charge is 0.322 e. The van der Waals surface area contributed by atoms with Crippen molar-refractivity contribution < 1.29 is 19.1 Å². The normalized spacial score (nSPS) is 14.7. The number of fused-ring (bicyclic) bond motifs is 1. The first kappa shape index (κ1) is 25.2. The van der Waals surface area contributed by atoms with Gasteiger partial charge in [-0.2, -0.15) is 0 Å². The Morgan fingerprint density at radius 1 is 1.06 bits per heavy atom. The maximum atomic E-state index is 13.7. The van der Waals surface area contributed by atoms with E-state index in [0.717, 1.165) is 24.2 Å². The van der Waals surface area contributed by atoms with Crippen LogP contribution in [0.2, 0.25) is 0 Å². The van der Waals surface area contributed by atoms with Gasteiger partial charge in [-0.05, 0) is 43.2 Å². The van der Waals surface area contributed by atoms with Crippen LogP contribution in [0.25, 0.3) is 0 Å². The molecule has 0 saturated heterocycles. The standard InChI is InChI=1S/C28H34N4O4/c1-5-14-31(28(34)29-23-13-12-22(35-3)18-25(23)36-4)19-26(33)32-17-16-30-15-6-7-24(30)27(32)21-10-8-20(2)9-11-21/h6-13,15,18,27H,5,14,16-17,19H2,1-4H3,(H,29,34). The molecule has 1 aliphatic rings. The summed E-state index contributed by atoms with van der Waals surface area (Å²) in [5, 5.41) is 2.90. The quantitative estimate of drug-likeness (QED) is 0.497. The number of nitrogens with one attached hydrogen (secondary N) is 1. The van der Waals surface area contributed by atoms with Crippen molar-refractivity contribution in [2.45, 2.75) is 32.9 Å². The highest BCUT2D eigenvalue weighted by molar-refractivity contribution is 5.94. The van der Waals surface area contributed by atoms with E-state index in [0.29, 0.717) is 30.3 Å². The summed E-state index contributed by atoms with van der Waals surface area (Å²) in [7, 11) is 3.11. The van der Waals surface area contributed by atoms with Gasteiger partial charge in [0, 0.05) is 37.6 Å². The number of benzene rings is 2. The molecule has 4 rings (SSSR count). The topological polar surface area (TPSA) is 76.0 Å². The number of aryl methyl sites for hydroxylation is 1. The van der Waals surface area contributed by atoms with Crippen LogP contribution in [0.4, 0.5) is 10.5 Å². The number of amides is 3. The molecule has 0 fully saturated rings. The molecule has 0 saturated carbocycles. The van der Waals surface area contributed by atoms with Gasteiger partial charge in [0.15, 0.2) is 0 Å². The molecule has 1 unspecified atom stereocenters. The van der Waals surface area contributed by atoms with Crippen molar-refractivity contribution in [1.29, 1.82) is 0 Å². The number of nitrogens with zero attached hydrogens (tertiary/aromatic N) is 3. The molecule has 1 atom stereocenters. The number of carbonyl (C=O) groups is 2. The van der Waals surface area contributed by atoms with Crippen LogP contribution < -0.4 is 14.8 Å². The lowest BCUT2D eigenvalue weighted by molar-refractivity contribution is -0.134. The molecule has 0 bridgehead atoms. The van der Waals surface area contributed by atoms with E-state index >= 15 is 0 Å². The van der Waals surface area contributed by atoms with Crippen LogP contribution in [0.3, 0.4) is 0 Å². The maximum Gasteiger partial charge on any atom is 0.322 e. The van der Waals surface area contributed by atoms with Gasteiger partial charge >= 0.3 is 6.03 Å². The average molecular weight is 491 g/mol. The fourth-order valence-corrected chi connectivity index (χ4v) is 4.62. The Hall–Kier alpha value is -3.94. The van der Waals surface area contributed by atoms with E-state index in [1.165, 1.54) is 12.7 Å². The van der Waals surface area contributed by atoms with E-state index < -0.39 is 0 Å². The number of anilines is 1. The molecule has 0 aliphatic carbocycles. The van der Waals surface area contributed by atoms with Crippen LogP contribution >= 0.6 is 0 Å². The molecule has 3 aromatic rings. The number of carbonyl (C=O) groups excluding carboxylic acids is 2. The van der Waals surface area contributed by atoms with E-state index in [2.05, 4.69) is 53.3 Å². The highest BCUT2D eigenvalue weighted by atomic mass is 16.5. The van der Waals surface area contributed by atoms with Crippen molar-refractivity contribution in [2.24, 2.45) is 0 Å². The molecule has 190 valence electrons. The molecule has 1 aromatic heterocycles. The first-order chi connectivity index (χ1) is 17.4. The summed E-state index contributed by atoms with van der Waals surface area (Å²) < 4.78 is 12.8. The van der Waals surface area contributed by atoms with Crippen molar-refractivity contribution in [3.63, 3.8) is 0 Å². The molecular formula is C28H34N4O4. The number of rotatable bonds is 8. The monoisotopic (exact) mass is 490 g/mol. The molecule has 0 spiro atoms. The minimum Gasteiger partial charge on any atom is -0.497 e. The minimum absolute atomic E-state index is 0.0127. The summed E-state index contributed by atoms with van der Waals surface area (Å²) in [6, 6.07) is 17.0. The molecule has 2 heterocycles. The third kappa shape index (κ3) is 5.32. The van der Waals surface area contributed by atoms with Crippen molar-refractivity contribution in [1.82, 2.24) is 14.4 Å². The fraction of sp³-hybridized carbons (Fsp3) is 0.357. The van der Waals surface area contributed by atoms with E-state index in [4.69, 9.17) is 9.47 Å². The van der Waals surface area contributed by atoms with Crippen molar-refractivity contribution >= 4 is 17.6 Å². The highest BCUT2D eigenvalue weighted by Crippen LogP contribution is 2.33. The Balaban J connectivity index is 1.55. The Morgan fingerprint density at radius 2 is 1.83 bits per heavy atom. The summed E-state index contributed by atoms with van der Waals surface area (Å²) in [6.07, 6.45) is 2.78. The minimum atomic E-state index is -0.346. The summed E-state index contributed by atoms with van der Waals surface area (Å²) in [4.78, 5) is 30.4. The van der Waals surface area contributed by atoms with Gasteiger partial charge in [-0.3, -0.25) is 4.79 Å². The lowest BCUT2D eigenvalue weighted by Gasteiger charge is -2.38. The second-order valence-electron chi connectivity index (χ2n) is 8.94. The lowest BCUT2D eigenvalue weighted by atomic mass is 9.98. The average Bonchev–Trinajstić information content (AvgIpc) is 3.37. The predicted molar refractivity (Wildman–Crippen MR) is 140 cm³/mol. The first-order valence-electron chi connectivity index (χ1n) is 12.2. The van der Waals surface area contributed by atoms with Crippen molar-refractivity contribution in [3.05, 3.63) is 77.6 Å². The second kappa shape index (κ2) is 11.2. The zero-order valence-electron chi connectivity index (χ0n) is 21.4. The van der Waals surface area contributed by atoms with Crippen LogP contribution in [0.1, 0.15) is 36.2 Å². The zero-order chi connectivity index (χ0) is 25.7. The van der Waals surface area contributed by atoms with Crippen molar-refractivity contribution in [2.75, 3.05) is 39.2 Å². The van der Waals surface area contributed by atoms with Gasteiger partial charge in [0.05, 0.1) is 25.9 Å². The van der Waals surface area contributed by atoms with Crippen LogP contribution in [0.15, 0.2) is 60.8 Å². The number of ether oxygens (including phenoxy) is 2. The Kier molecular flexibility index (Phi) is 7.83. The fourth-order valence-electron chi connectivity index (χ4n) is 4.62. The van der Waals surface area contributed by atoms with E-state index in [9.17, 15) is 9.59 Å². The van der Waals surface area contributed by atoms with Crippen LogP contribution in [0.5, 0.6) is 11.5 Å². The first-order valence-corrected chi connectivity index (χ1v) is 12.2. The second-order valence-corrected chi connectivity index (χ2v) is 8.94. The third-order valence-electron chi connectivity index (χ3n) is 6.51. The Labute approximate surface area is 212 Å². The van der Waals surface area contributed by atoms with Gasteiger partial charge in [0.1, 0.15) is 18.0 Å². The van der Waals surface area contributed by atoms with Crippen LogP contribution in [0, 0.1) is 6.92 Å². The lowest BCUT2D eigenvalue weighted by Crippen LogP contribution is -2.48. The molecule has 3 amide bonds. The van der Waals surface area contributed by atoms with Crippen LogP contribution in [-0.4, -0.2) is 60.2 Å². The Bertz CT molecular complexity index is 1200. The molecule has 0 radical (unpaired) electrons. The number of methoxy groups -OCH3 is 2. The summed E-state index contributed by atoms with van der Waals surface area (Å²) in [5.41, 5.74) is 3.82. The maximum absolute atomic E-state index is 13.7. The number of aromatic nitrogens is 1. The zero-order valence-corrected chi connectivity index (χ0v) is 21.4. The molecule has 36 heavy (non-hydrogen) atoms. The summed E-state index contributed by atoms with van der Waals surface area (Å²) in [6.45, 7) is 5.78. The molecular weight excluding hydrogens is 456 g/mol. The summed E-state index contributed by atoms with van der Waals surface area (Å²) in [5.74, 6) is 1.03. The largest absolute Gasteiger partial charge is 0.497 e. The molecule has 1 N–H and O–H groups in total. The number of urea groups is 1. The summed E-state index contributed by atoms with van der Waals surface area (Å²) >= 11 is 0. The van der Waals surface area contributed by atoms with E-state index in [1.54, 1.807) is 30.2 Å². The van der Waals surface area contributed by atoms with Gasteiger partial charge in [-0.15, -0.1) is 0 Å².